The van der Waals surface area contributed by atoms with Crippen LogP contribution in [0.2, 0.25) is 0 Å². The lowest BCUT2D eigenvalue weighted by Gasteiger charge is -2.12. The highest BCUT2D eigenvalue weighted by Crippen LogP contribution is 2.30. The molecule has 0 heterocycles. The van der Waals surface area contributed by atoms with E-state index in [4.69, 9.17) is 9.47 Å². The van der Waals surface area contributed by atoms with Gasteiger partial charge in [-0.15, -0.1) is 0 Å². The number of aromatic hydroxyl groups is 1. The minimum absolute atomic E-state index is 0.192. The maximum atomic E-state index is 13.7. The van der Waals surface area contributed by atoms with E-state index in [0.29, 0.717) is 30.1 Å². The summed E-state index contributed by atoms with van der Waals surface area (Å²) >= 11 is 3.39. The lowest BCUT2D eigenvalue weighted by atomic mass is 10.0. The van der Waals surface area contributed by atoms with Crippen molar-refractivity contribution in [2.75, 3.05) is 7.11 Å². The van der Waals surface area contributed by atoms with Gasteiger partial charge in [-0.05, 0) is 84.6 Å². The summed E-state index contributed by atoms with van der Waals surface area (Å²) in [4.78, 5) is 0. The molecule has 0 bridgehead atoms. The Morgan fingerprint density at radius 3 is 2.31 bits per heavy atom. The zero-order chi connectivity index (χ0) is 18.5. The summed E-state index contributed by atoms with van der Waals surface area (Å²) in [5.74, 6) is 1.81. The molecule has 0 aliphatic heterocycles. The molecular weight excluding hydrogens is 399 g/mol. The Bertz CT molecular complexity index is 894. The second kappa shape index (κ2) is 8.23. The van der Waals surface area contributed by atoms with Gasteiger partial charge in [-0.1, -0.05) is 15.9 Å². The van der Waals surface area contributed by atoms with Crippen LogP contribution in [-0.4, -0.2) is 12.2 Å². The van der Waals surface area contributed by atoms with E-state index in [9.17, 15) is 9.50 Å². The zero-order valence-electron chi connectivity index (χ0n) is 14.2. The average Bonchev–Trinajstić information content (AvgIpc) is 2.64. The summed E-state index contributed by atoms with van der Waals surface area (Å²) < 4.78 is 25.8. The van der Waals surface area contributed by atoms with E-state index in [1.54, 1.807) is 31.4 Å². The fourth-order valence-corrected chi connectivity index (χ4v) is 2.90. The number of phenols is 1. The number of aryl methyl sites for hydroxylation is 2. The Balaban J connectivity index is 1.81. The normalized spacial score (nSPS) is 10.6. The molecule has 0 spiro atoms. The van der Waals surface area contributed by atoms with Gasteiger partial charge in [-0.3, -0.25) is 0 Å². The van der Waals surface area contributed by atoms with Gasteiger partial charge in [0, 0.05) is 4.47 Å². The van der Waals surface area contributed by atoms with Crippen LogP contribution in [0.1, 0.15) is 11.1 Å². The molecule has 0 unspecified atom stereocenters. The van der Waals surface area contributed by atoms with Crippen LogP contribution in [0.25, 0.3) is 0 Å². The SMILES string of the molecule is COc1ccc(O)c(CCc2cc(F)ccc2Oc2ccc(Br)cc2)c1. The van der Waals surface area contributed by atoms with Crippen molar-refractivity contribution in [3.63, 3.8) is 0 Å². The smallest absolute Gasteiger partial charge is 0.130 e. The largest absolute Gasteiger partial charge is 0.508 e. The molecule has 5 heteroatoms. The van der Waals surface area contributed by atoms with E-state index in [1.165, 1.54) is 12.1 Å². The Morgan fingerprint density at radius 1 is 0.885 bits per heavy atom. The minimum atomic E-state index is -0.321. The second-order valence-corrected chi connectivity index (χ2v) is 6.72. The first-order chi connectivity index (χ1) is 12.5. The average molecular weight is 417 g/mol. The fraction of sp³-hybridized carbons (Fsp3) is 0.143. The molecule has 0 radical (unpaired) electrons. The second-order valence-electron chi connectivity index (χ2n) is 5.80. The van der Waals surface area contributed by atoms with E-state index in [1.807, 2.05) is 24.3 Å². The summed E-state index contributed by atoms with van der Waals surface area (Å²) in [6.07, 6.45) is 1.05. The van der Waals surface area contributed by atoms with Crippen LogP contribution in [0.4, 0.5) is 4.39 Å². The van der Waals surface area contributed by atoms with Crippen LogP contribution in [0.3, 0.4) is 0 Å². The van der Waals surface area contributed by atoms with Crippen LogP contribution < -0.4 is 9.47 Å². The molecule has 3 aromatic rings. The van der Waals surface area contributed by atoms with Crippen LogP contribution in [0.15, 0.2) is 65.1 Å². The van der Waals surface area contributed by atoms with Crippen LogP contribution in [0.5, 0.6) is 23.0 Å². The summed E-state index contributed by atoms with van der Waals surface area (Å²) in [5, 5.41) is 10.0. The van der Waals surface area contributed by atoms with Gasteiger partial charge in [0.15, 0.2) is 0 Å². The lowest BCUT2D eigenvalue weighted by Crippen LogP contribution is -1.97. The number of rotatable bonds is 6. The molecule has 26 heavy (non-hydrogen) atoms. The van der Waals surface area contributed by atoms with Gasteiger partial charge in [0.25, 0.3) is 0 Å². The maximum absolute atomic E-state index is 13.7. The topological polar surface area (TPSA) is 38.7 Å². The van der Waals surface area contributed by atoms with Crippen molar-refractivity contribution in [2.45, 2.75) is 12.8 Å². The number of halogens is 2. The molecule has 3 rings (SSSR count). The molecular formula is C21H18BrFO3. The highest BCUT2D eigenvalue weighted by atomic mass is 79.9. The molecule has 3 nitrogen and oxygen atoms in total. The first-order valence-corrected chi connectivity index (χ1v) is 8.92. The molecule has 0 saturated heterocycles. The molecule has 0 amide bonds. The predicted molar refractivity (Wildman–Crippen MR) is 103 cm³/mol. The van der Waals surface area contributed by atoms with Gasteiger partial charge >= 0.3 is 0 Å². The number of hydrogen-bond donors (Lipinski definition) is 1. The Hall–Kier alpha value is -2.53. The molecule has 0 saturated carbocycles. The molecule has 0 fully saturated rings. The third-order valence-electron chi connectivity index (χ3n) is 4.01. The van der Waals surface area contributed by atoms with E-state index in [2.05, 4.69) is 15.9 Å². The lowest BCUT2D eigenvalue weighted by molar-refractivity contribution is 0.410. The molecule has 3 aromatic carbocycles. The number of ether oxygens (including phenoxy) is 2. The minimum Gasteiger partial charge on any atom is -0.508 e. The van der Waals surface area contributed by atoms with Crippen molar-refractivity contribution in [2.24, 2.45) is 0 Å². The van der Waals surface area contributed by atoms with E-state index >= 15 is 0 Å². The fourth-order valence-electron chi connectivity index (χ4n) is 2.63. The Labute approximate surface area is 160 Å². The molecule has 1 N–H and O–H groups in total. The number of benzene rings is 3. The van der Waals surface area contributed by atoms with Crippen LogP contribution >= 0.6 is 15.9 Å². The summed E-state index contributed by atoms with van der Waals surface area (Å²) in [6, 6.07) is 17.0. The first-order valence-electron chi connectivity index (χ1n) is 8.13. The standard InChI is InChI=1S/C21H18BrFO3/c1-25-19-9-10-20(24)14(13-19)2-3-15-12-17(23)6-11-21(15)26-18-7-4-16(22)5-8-18/h4-13,24H,2-3H2,1H3. The summed E-state index contributed by atoms with van der Waals surface area (Å²) in [6.45, 7) is 0. The summed E-state index contributed by atoms with van der Waals surface area (Å²) in [5.41, 5.74) is 1.47. The third-order valence-corrected chi connectivity index (χ3v) is 4.54. The van der Waals surface area contributed by atoms with Gasteiger partial charge in [0.05, 0.1) is 7.11 Å². The Morgan fingerprint density at radius 2 is 1.58 bits per heavy atom. The summed E-state index contributed by atoms with van der Waals surface area (Å²) in [7, 11) is 1.58. The van der Waals surface area contributed by atoms with Crippen molar-refractivity contribution in [1.82, 2.24) is 0 Å². The number of methoxy groups -OCH3 is 1. The number of phenolic OH excluding ortho intramolecular Hbond substituents is 1. The molecule has 0 atom stereocenters. The Kier molecular flexibility index (Phi) is 5.78. The molecule has 0 aliphatic carbocycles. The molecule has 0 aliphatic rings. The maximum Gasteiger partial charge on any atom is 0.130 e. The monoisotopic (exact) mass is 416 g/mol. The van der Waals surface area contributed by atoms with Crippen LogP contribution in [0, 0.1) is 5.82 Å². The first kappa shape index (κ1) is 18.3. The van der Waals surface area contributed by atoms with Crippen molar-refractivity contribution in [1.29, 1.82) is 0 Å². The van der Waals surface area contributed by atoms with Crippen molar-refractivity contribution < 1.29 is 19.0 Å². The van der Waals surface area contributed by atoms with Crippen molar-refractivity contribution in [3.8, 4) is 23.0 Å². The highest BCUT2D eigenvalue weighted by molar-refractivity contribution is 9.10. The van der Waals surface area contributed by atoms with E-state index in [-0.39, 0.29) is 11.6 Å². The number of hydrogen-bond acceptors (Lipinski definition) is 3. The predicted octanol–water partition coefficient (Wildman–Crippen LogP) is 5.88. The van der Waals surface area contributed by atoms with Crippen molar-refractivity contribution >= 4 is 15.9 Å². The quantitative estimate of drug-likeness (QED) is 0.545. The van der Waals surface area contributed by atoms with Gasteiger partial charge in [0.2, 0.25) is 0 Å². The highest BCUT2D eigenvalue weighted by Gasteiger charge is 2.10. The van der Waals surface area contributed by atoms with Crippen molar-refractivity contribution in [3.05, 3.63) is 82.1 Å². The zero-order valence-corrected chi connectivity index (χ0v) is 15.8. The van der Waals surface area contributed by atoms with Gasteiger partial charge in [-0.25, -0.2) is 4.39 Å². The molecule has 134 valence electrons. The van der Waals surface area contributed by atoms with Gasteiger partial charge < -0.3 is 14.6 Å². The van der Waals surface area contributed by atoms with E-state index in [0.717, 1.165) is 15.6 Å². The molecule has 0 aromatic heterocycles. The van der Waals surface area contributed by atoms with Gasteiger partial charge in [0.1, 0.15) is 28.8 Å². The van der Waals surface area contributed by atoms with E-state index < -0.39 is 0 Å². The van der Waals surface area contributed by atoms with Crippen LogP contribution in [-0.2, 0) is 12.8 Å². The third kappa shape index (κ3) is 4.55. The van der Waals surface area contributed by atoms with Gasteiger partial charge in [-0.2, -0.15) is 0 Å².